The summed E-state index contributed by atoms with van der Waals surface area (Å²) in [6, 6.07) is 8.57. The molecule has 2 aromatic rings. The number of carbonyl (C=O) groups excluding carboxylic acids is 1. The summed E-state index contributed by atoms with van der Waals surface area (Å²) >= 11 is 0. The number of aromatic nitrogens is 2. The first-order chi connectivity index (χ1) is 9.40. The molecule has 0 radical (unpaired) electrons. The molecule has 0 bridgehead atoms. The van der Waals surface area contributed by atoms with Gasteiger partial charge in [-0.15, -0.1) is 0 Å². The summed E-state index contributed by atoms with van der Waals surface area (Å²) in [7, 11) is 0. The van der Waals surface area contributed by atoms with E-state index >= 15 is 0 Å². The van der Waals surface area contributed by atoms with Crippen LogP contribution >= 0.6 is 0 Å². The van der Waals surface area contributed by atoms with Gasteiger partial charge in [-0.3, -0.25) is 9.48 Å². The zero-order valence-electron chi connectivity index (χ0n) is 10.1. The van der Waals surface area contributed by atoms with Crippen molar-refractivity contribution in [1.82, 2.24) is 9.78 Å². The van der Waals surface area contributed by atoms with Crippen LogP contribution in [0.2, 0.25) is 0 Å². The zero-order valence-corrected chi connectivity index (χ0v) is 10.1. The summed E-state index contributed by atoms with van der Waals surface area (Å²) in [6.07, 6.45) is -3.42. The molecule has 0 spiro atoms. The predicted molar refractivity (Wildman–Crippen MR) is 62.7 cm³/mol. The zero-order chi connectivity index (χ0) is 14.8. The quantitative estimate of drug-likeness (QED) is 0.811. The van der Waals surface area contributed by atoms with Crippen molar-refractivity contribution in [2.75, 3.05) is 0 Å². The van der Waals surface area contributed by atoms with Crippen molar-refractivity contribution in [3.05, 3.63) is 53.3 Å². The van der Waals surface area contributed by atoms with Crippen molar-refractivity contribution in [2.24, 2.45) is 0 Å². The number of nitrogens with zero attached hydrogens (tertiary/aromatic N) is 3. The van der Waals surface area contributed by atoms with Crippen LogP contribution in [-0.4, -0.2) is 15.6 Å². The molecule has 20 heavy (non-hydrogen) atoms. The first-order valence-corrected chi connectivity index (χ1v) is 5.54. The highest BCUT2D eigenvalue weighted by molar-refractivity contribution is 5.95. The Hall–Kier alpha value is -2.62. The SMILES string of the molecule is N#Cc1ccc(C(=O)Cn2ccc(C(F)(F)F)n2)cc1. The van der Waals surface area contributed by atoms with Gasteiger partial charge >= 0.3 is 6.18 Å². The Kier molecular flexibility index (Phi) is 3.57. The fourth-order valence-electron chi connectivity index (χ4n) is 1.57. The van der Waals surface area contributed by atoms with E-state index in [1.54, 1.807) is 0 Å². The summed E-state index contributed by atoms with van der Waals surface area (Å²) in [5.74, 6) is -0.383. The Morgan fingerprint density at radius 2 is 1.90 bits per heavy atom. The topological polar surface area (TPSA) is 58.7 Å². The van der Waals surface area contributed by atoms with Crippen LogP contribution in [0.15, 0.2) is 36.5 Å². The molecule has 102 valence electrons. The molecule has 0 saturated heterocycles. The van der Waals surface area contributed by atoms with Crippen LogP contribution in [0.1, 0.15) is 21.6 Å². The van der Waals surface area contributed by atoms with Crippen molar-refractivity contribution < 1.29 is 18.0 Å². The van der Waals surface area contributed by atoms with Crippen LogP contribution in [-0.2, 0) is 12.7 Å². The average molecular weight is 279 g/mol. The van der Waals surface area contributed by atoms with Crippen LogP contribution in [0.25, 0.3) is 0 Å². The lowest BCUT2D eigenvalue weighted by Crippen LogP contribution is -2.13. The molecular weight excluding hydrogens is 271 g/mol. The molecule has 1 aromatic heterocycles. The number of halogens is 3. The molecule has 4 nitrogen and oxygen atoms in total. The lowest BCUT2D eigenvalue weighted by molar-refractivity contribution is -0.141. The third kappa shape index (κ3) is 3.03. The molecule has 0 amide bonds. The van der Waals surface area contributed by atoms with E-state index in [4.69, 9.17) is 5.26 Å². The summed E-state index contributed by atoms with van der Waals surface area (Å²) < 4.78 is 38.0. The molecule has 0 unspecified atom stereocenters. The van der Waals surface area contributed by atoms with E-state index in [1.807, 2.05) is 6.07 Å². The normalized spacial score (nSPS) is 11.1. The minimum Gasteiger partial charge on any atom is -0.292 e. The summed E-state index contributed by atoms with van der Waals surface area (Å²) in [4.78, 5) is 11.8. The second-order valence-corrected chi connectivity index (χ2v) is 4.01. The van der Waals surface area contributed by atoms with Crippen LogP contribution in [0.5, 0.6) is 0 Å². The number of benzene rings is 1. The van der Waals surface area contributed by atoms with Crippen molar-refractivity contribution in [3.63, 3.8) is 0 Å². The number of nitriles is 1. The van der Waals surface area contributed by atoms with Gasteiger partial charge in [-0.1, -0.05) is 12.1 Å². The van der Waals surface area contributed by atoms with E-state index in [0.717, 1.165) is 16.9 Å². The van der Waals surface area contributed by atoms with Crippen molar-refractivity contribution >= 4 is 5.78 Å². The molecular formula is C13H8F3N3O. The number of alkyl halides is 3. The van der Waals surface area contributed by atoms with Crippen LogP contribution in [0, 0.1) is 11.3 Å². The molecule has 0 aliphatic carbocycles. The highest BCUT2D eigenvalue weighted by Gasteiger charge is 2.33. The Morgan fingerprint density at radius 1 is 1.25 bits per heavy atom. The van der Waals surface area contributed by atoms with Gasteiger partial charge in [0.05, 0.1) is 11.6 Å². The van der Waals surface area contributed by atoms with Gasteiger partial charge in [-0.05, 0) is 18.2 Å². The minimum absolute atomic E-state index is 0.290. The van der Waals surface area contributed by atoms with Crippen molar-refractivity contribution in [2.45, 2.75) is 12.7 Å². The van der Waals surface area contributed by atoms with Gasteiger partial charge in [0.2, 0.25) is 0 Å². The first kappa shape index (κ1) is 13.8. The van der Waals surface area contributed by atoms with Crippen LogP contribution in [0.4, 0.5) is 13.2 Å². The molecule has 0 saturated carbocycles. The van der Waals surface area contributed by atoms with Crippen LogP contribution in [0.3, 0.4) is 0 Å². The van der Waals surface area contributed by atoms with E-state index in [0.29, 0.717) is 11.1 Å². The summed E-state index contributed by atoms with van der Waals surface area (Å²) in [5.41, 5.74) is -0.321. The fourth-order valence-corrected chi connectivity index (χ4v) is 1.57. The average Bonchev–Trinajstić information content (AvgIpc) is 2.87. The molecule has 0 aliphatic heterocycles. The highest BCUT2D eigenvalue weighted by atomic mass is 19.4. The third-order valence-corrected chi connectivity index (χ3v) is 2.57. The maximum absolute atomic E-state index is 12.4. The minimum atomic E-state index is -4.53. The van der Waals surface area contributed by atoms with Crippen molar-refractivity contribution in [3.8, 4) is 6.07 Å². The van der Waals surface area contributed by atoms with Crippen LogP contribution < -0.4 is 0 Å². The number of ketones is 1. The predicted octanol–water partition coefficient (Wildman–Crippen LogP) is 2.66. The smallest absolute Gasteiger partial charge is 0.292 e. The number of hydrogen-bond acceptors (Lipinski definition) is 3. The van der Waals surface area contributed by atoms with Gasteiger partial charge in [0, 0.05) is 11.8 Å². The lowest BCUT2D eigenvalue weighted by atomic mass is 10.1. The Balaban J connectivity index is 2.11. The third-order valence-electron chi connectivity index (χ3n) is 2.57. The maximum atomic E-state index is 12.4. The monoisotopic (exact) mass is 279 g/mol. The maximum Gasteiger partial charge on any atom is 0.435 e. The molecule has 2 rings (SSSR count). The van der Waals surface area contributed by atoms with E-state index < -0.39 is 11.9 Å². The van der Waals surface area contributed by atoms with E-state index in [2.05, 4.69) is 5.10 Å². The number of Topliss-reactive ketones (excluding diaryl/α,β-unsaturated/α-hetero) is 1. The van der Waals surface area contributed by atoms with Crippen molar-refractivity contribution in [1.29, 1.82) is 5.26 Å². The van der Waals surface area contributed by atoms with E-state index in [-0.39, 0.29) is 12.3 Å². The molecule has 0 fully saturated rings. The first-order valence-electron chi connectivity index (χ1n) is 5.54. The second kappa shape index (κ2) is 5.17. The summed E-state index contributed by atoms with van der Waals surface area (Å²) in [6.45, 7) is -0.290. The molecule has 0 atom stereocenters. The van der Waals surface area contributed by atoms with Gasteiger partial charge in [0.25, 0.3) is 0 Å². The highest BCUT2D eigenvalue weighted by Crippen LogP contribution is 2.27. The number of hydrogen-bond donors (Lipinski definition) is 0. The molecule has 7 heteroatoms. The van der Waals surface area contributed by atoms with Gasteiger partial charge in [-0.2, -0.15) is 23.5 Å². The van der Waals surface area contributed by atoms with E-state index in [1.165, 1.54) is 24.3 Å². The lowest BCUT2D eigenvalue weighted by Gasteiger charge is -2.03. The molecule has 1 heterocycles. The molecule has 0 N–H and O–H groups in total. The van der Waals surface area contributed by atoms with Gasteiger partial charge in [0.15, 0.2) is 11.5 Å². The van der Waals surface area contributed by atoms with Gasteiger partial charge in [0.1, 0.15) is 6.54 Å². The standard InChI is InChI=1S/C13H8F3N3O/c14-13(15,16)12-5-6-19(18-12)8-11(20)10-3-1-9(7-17)2-4-10/h1-6H,8H2. The molecule has 1 aromatic carbocycles. The fraction of sp³-hybridized carbons (Fsp3) is 0.154. The summed E-state index contributed by atoms with van der Waals surface area (Å²) in [5, 5.41) is 11.9. The van der Waals surface area contributed by atoms with Gasteiger partial charge < -0.3 is 0 Å². The second-order valence-electron chi connectivity index (χ2n) is 4.01. The molecule has 0 aliphatic rings. The van der Waals surface area contributed by atoms with Gasteiger partial charge in [-0.25, -0.2) is 0 Å². The van der Waals surface area contributed by atoms with E-state index in [9.17, 15) is 18.0 Å². The Bertz CT molecular complexity index is 665. The largest absolute Gasteiger partial charge is 0.435 e. The Morgan fingerprint density at radius 3 is 2.40 bits per heavy atom. The Labute approximate surface area is 112 Å². The number of rotatable bonds is 3. The number of carbonyl (C=O) groups is 1.